The molecule has 0 aliphatic rings. The Labute approximate surface area is 201 Å². The number of thiazole rings is 1. The van der Waals surface area contributed by atoms with E-state index in [2.05, 4.69) is 32.6 Å². The summed E-state index contributed by atoms with van der Waals surface area (Å²) in [6.45, 7) is 3.99. The summed E-state index contributed by atoms with van der Waals surface area (Å²) in [6.07, 6.45) is 1.44. The highest BCUT2D eigenvalue weighted by atomic mass is 32.2. The Hall–Kier alpha value is -3.17. The number of nitrogen functional groups attached to an aromatic ring is 1. The zero-order valence-corrected chi connectivity index (χ0v) is 20.2. The van der Waals surface area contributed by atoms with Crippen LogP contribution < -0.4 is 11.1 Å². The summed E-state index contributed by atoms with van der Waals surface area (Å²) < 4.78 is 1.72. The van der Waals surface area contributed by atoms with Crippen molar-refractivity contribution < 1.29 is 4.79 Å². The Balaban J connectivity index is 1.44. The molecule has 33 heavy (non-hydrogen) atoms. The van der Waals surface area contributed by atoms with Crippen LogP contribution in [-0.2, 0) is 11.2 Å². The standard InChI is InChI=1S/C24H26N6OS2/c1-3-20(21(31)27-23-26-19(15-33-23)18-11-9-16(2)10-12-18)30-22(25)28-29-24(30)32-14-13-17-7-5-4-6-8-17/h4-12,15,20H,3,13-14H2,1-2H3,(H2,25,28)(H,26,27,31). The average Bonchev–Trinajstić information content (AvgIpc) is 3.43. The molecule has 3 N–H and O–H groups in total. The third-order valence-corrected chi connectivity index (χ3v) is 6.94. The highest BCUT2D eigenvalue weighted by Crippen LogP contribution is 2.29. The molecule has 2 aromatic carbocycles. The van der Waals surface area contributed by atoms with Crippen LogP contribution in [0, 0.1) is 6.92 Å². The van der Waals surface area contributed by atoms with Crippen molar-refractivity contribution in [2.75, 3.05) is 16.8 Å². The Morgan fingerprint density at radius 2 is 1.91 bits per heavy atom. The lowest BCUT2D eigenvalue weighted by Crippen LogP contribution is -2.27. The number of carbonyl (C=O) groups is 1. The zero-order valence-electron chi connectivity index (χ0n) is 18.6. The van der Waals surface area contributed by atoms with Crippen molar-refractivity contribution in [2.24, 2.45) is 0 Å². The molecule has 1 amide bonds. The van der Waals surface area contributed by atoms with Gasteiger partial charge in [-0.1, -0.05) is 78.8 Å². The van der Waals surface area contributed by atoms with Gasteiger partial charge in [-0.25, -0.2) is 4.98 Å². The first-order chi connectivity index (χ1) is 16.0. The number of aromatic nitrogens is 4. The summed E-state index contributed by atoms with van der Waals surface area (Å²) in [6, 6.07) is 17.9. The maximum atomic E-state index is 13.1. The number of hydrogen-bond donors (Lipinski definition) is 2. The fourth-order valence-corrected chi connectivity index (χ4v) is 5.15. The van der Waals surface area contributed by atoms with Crippen LogP contribution in [-0.4, -0.2) is 31.4 Å². The Morgan fingerprint density at radius 3 is 2.64 bits per heavy atom. The number of anilines is 2. The van der Waals surface area contributed by atoms with Crippen LogP contribution >= 0.6 is 23.1 Å². The van der Waals surface area contributed by atoms with E-state index < -0.39 is 6.04 Å². The van der Waals surface area contributed by atoms with E-state index in [-0.39, 0.29) is 11.9 Å². The van der Waals surface area contributed by atoms with Crippen LogP contribution in [0.3, 0.4) is 0 Å². The normalized spacial score (nSPS) is 11.9. The molecule has 4 rings (SSSR count). The second-order valence-corrected chi connectivity index (χ2v) is 9.53. The number of thioether (sulfide) groups is 1. The predicted octanol–water partition coefficient (Wildman–Crippen LogP) is 5.22. The molecule has 0 saturated heterocycles. The number of hydrogen-bond acceptors (Lipinski definition) is 7. The van der Waals surface area contributed by atoms with Gasteiger partial charge in [0, 0.05) is 16.7 Å². The second-order valence-electron chi connectivity index (χ2n) is 7.61. The molecule has 170 valence electrons. The van der Waals surface area contributed by atoms with Crippen LogP contribution in [0.5, 0.6) is 0 Å². The van der Waals surface area contributed by atoms with Crippen molar-refractivity contribution in [3.05, 3.63) is 71.1 Å². The molecule has 0 saturated carbocycles. The SMILES string of the molecule is CCC(C(=O)Nc1nc(-c2ccc(C)cc2)cs1)n1c(N)nnc1SCCc1ccccc1. The summed E-state index contributed by atoms with van der Waals surface area (Å²) >= 11 is 2.95. The molecule has 0 radical (unpaired) electrons. The van der Waals surface area contributed by atoms with E-state index in [0.29, 0.717) is 16.7 Å². The minimum Gasteiger partial charge on any atom is -0.368 e. The lowest BCUT2D eigenvalue weighted by Gasteiger charge is -2.18. The number of nitrogens with two attached hydrogens (primary N) is 1. The molecular formula is C24H26N6OS2. The van der Waals surface area contributed by atoms with Crippen LogP contribution in [0.15, 0.2) is 65.1 Å². The molecule has 0 spiro atoms. The van der Waals surface area contributed by atoms with Crippen LogP contribution in [0.2, 0.25) is 0 Å². The lowest BCUT2D eigenvalue weighted by molar-refractivity contribution is -0.119. The van der Waals surface area contributed by atoms with Crippen LogP contribution in [0.25, 0.3) is 11.3 Å². The van der Waals surface area contributed by atoms with Gasteiger partial charge in [-0.15, -0.1) is 21.5 Å². The molecule has 2 heterocycles. The predicted molar refractivity (Wildman–Crippen MR) is 136 cm³/mol. The molecule has 9 heteroatoms. The monoisotopic (exact) mass is 478 g/mol. The molecule has 0 bridgehead atoms. The number of rotatable bonds is 9. The van der Waals surface area contributed by atoms with E-state index in [1.54, 1.807) is 16.3 Å². The minimum atomic E-state index is -0.522. The first kappa shape index (κ1) is 23.0. The van der Waals surface area contributed by atoms with E-state index >= 15 is 0 Å². The Kier molecular flexibility index (Phi) is 7.41. The highest BCUT2D eigenvalue weighted by molar-refractivity contribution is 7.99. The third kappa shape index (κ3) is 5.61. The molecule has 1 atom stereocenters. The van der Waals surface area contributed by atoms with Gasteiger partial charge in [-0.3, -0.25) is 9.36 Å². The molecule has 0 aliphatic carbocycles. The van der Waals surface area contributed by atoms with Crippen molar-refractivity contribution in [2.45, 2.75) is 37.9 Å². The fourth-order valence-electron chi connectivity index (χ4n) is 3.45. The Bertz CT molecular complexity index is 1200. The zero-order chi connectivity index (χ0) is 23.2. The number of amides is 1. The fraction of sp³-hybridized carbons (Fsp3) is 0.250. The molecule has 1 unspecified atom stereocenters. The first-order valence-corrected chi connectivity index (χ1v) is 12.6. The van der Waals surface area contributed by atoms with Crippen LogP contribution in [0.1, 0.15) is 30.5 Å². The van der Waals surface area contributed by atoms with Crippen LogP contribution in [0.4, 0.5) is 11.1 Å². The lowest BCUT2D eigenvalue weighted by atomic mass is 10.1. The molecule has 7 nitrogen and oxygen atoms in total. The van der Waals surface area contributed by atoms with Gasteiger partial charge in [0.05, 0.1) is 5.69 Å². The number of nitrogens with zero attached hydrogens (tertiary/aromatic N) is 4. The number of benzene rings is 2. The van der Waals surface area contributed by atoms with E-state index in [0.717, 1.165) is 23.4 Å². The number of carbonyl (C=O) groups excluding carboxylic acids is 1. The summed E-state index contributed by atoms with van der Waals surface area (Å²) in [4.78, 5) is 17.7. The van der Waals surface area contributed by atoms with E-state index in [1.165, 1.54) is 22.5 Å². The number of nitrogens with one attached hydrogen (secondary N) is 1. The van der Waals surface area contributed by atoms with Crippen molar-refractivity contribution in [1.82, 2.24) is 19.7 Å². The van der Waals surface area contributed by atoms with Crippen molar-refractivity contribution >= 4 is 40.1 Å². The average molecular weight is 479 g/mol. The molecule has 4 aromatic rings. The van der Waals surface area contributed by atoms with Gasteiger partial charge in [-0.05, 0) is 25.3 Å². The summed E-state index contributed by atoms with van der Waals surface area (Å²) in [5.74, 6) is 0.865. The minimum absolute atomic E-state index is 0.182. The number of aryl methyl sites for hydroxylation is 2. The van der Waals surface area contributed by atoms with Gasteiger partial charge >= 0.3 is 0 Å². The molecule has 0 aliphatic heterocycles. The van der Waals surface area contributed by atoms with Crippen molar-refractivity contribution in [3.8, 4) is 11.3 Å². The second kappa shape index (κ2) is 10.6. The largest absolute Gasteiger partial charge is 0.368 e. The maximum absolute atomic E-state index is 13.1. The van der Waals surface area contributed by atoms with E-state index in [1.807, 2.05) is 61.7 Å². The van der Waals surface area contributed by atoms with Gasteiger partial charge in [0.2, 0.25) is 11.9 Å². The maximum Gasteiger partial charge on any atom is 0.249 e. The summed E-state index contributed by atoms with van der Waals surface area (Å²) in [7, 11) is 0. The van der Waals surface area contributed by atoms with Gasteiger partial charge in [0.25, 0.3) is 0 Å². The van der Waals surface area contributed by atoms with Crippen molar-refractivity contribution in [1.29, 1.82) is 0 Å². The van der Waals surface area contributed by atoms with Gasteiger partial charge in [0.15, 0.2) is 10.3 Å². The molecule has 2 aromatic heterocycles. The molecule has 0 fully saturated rings. The summed E-state index contributed by atoms with van der Waals surface area (Å²) in [5, 5.41) is 14.3. The van der Waals surface area contributed by atoms with Gasteiger partial charge in [-0.2, -0.15) is 0 Å². The Morgan fingerprint density at radius 1 is 1.15 bits per heavy atom. The highest BCUT2D eigenvalue weighted by Gasteiger charge is 2.25. The van der Waals surface area contributed by atoms with Crippen molar-refractivity contribution in [3.63, 3.8) is 0 Å². The quantitative estimate of drug-likeness (QED) is 0.320. The van der Waals surface area contributed by atoms with Gasteiger partial charge in [0.1, 0.15) is 6.04 Å². The van der Waals surface area contributed by atoms with E-state index in [9.17, 15) is 4.79 Å². The summed E-state index contributed by atoms with van der Waals surface area (Å²) in [5.41, 5.74) is 10.4. The first-order valence-electron chi connectivity index (χ1n) is 10.8. The van der Waals surface area contributed by atoms with E-state index in [4.69, 9.17) is 5.73 Å². The molecular weight excluding hydrogens is 452 g/mol. The van der Waals surface area contributed by atoms with Gasteiger partial charge < -0.3 is 11.1 Å². The topological polar surface area (TPSA) is 98.7 Å². The third-order valence-electron chi connectivity index (χ3n) is 5.24. The smallest absolute Gasteiger partial charge is 0.249 e.